The van der Waals surface area contributed by atoms with Gasteiger partial charge >= 0.3 is 12.4 Å². The Bertz CT molecular complexity index is 156. The molecule has 0 aliphatic carbocycles. The molecule has 0 bridgehead atoms. The Hall–Kier alpha value is -0.460. The molecule has 0 N–H and O–H groups in total. The molecule has 0 fully saturated rings. The minimum atomic E-state index is -5.44. The Morgan fingerprint density at radius 2 is 1.29 bits per heavy atom. The van der Waals surface area contributed by atoms with Crippen LogP contribution in [0.4, 0.5) is 26.3 Å². The number of hydrogen-bond donors (Lipinski definition) is 0. The smallest absolute Gasteiger partial charge is 0.355 e. The van der Waals surface area contributed by atoms with Crippen molar-refractivity contribution in [2.24, 2.45) is 5.92 Å². The van der Waals surface area contributed by atoms with Crippen molar-refractivity contribution in [1.82, 2.24) is 0 Å². The number of halogens is 6. The van der Waals surface area contributed by atoms with E-state index in [9.17, 15) is 26.3 Å². The van der Waals surface area contributed by atoms with E-state index >= 15 is 0 Å². The lowest BCUT2D eigenvalue weighted by atomic mass is 10.2. The van der Waals surface area contributed by atoms with E-state index < -0.39 is 24.4 Å². The molecule has 0 aromatic carbocycles. The summed E-state index contributed by atoms with van der Waals surface area (Å²) in [5.74, 6) is -0.512. The van der Waals surface area contributed by atoms with Crippen LogP contribution in [0.1, 0.15) is 13.8 Å². The van der Waals surface area contributed by atoms with Gasteiger partial charge < -0.3 is 4.74 Å². The van der Waals surface area contributed by atoms with Crippen molar-refractivity contribution in [3.8, 4) is 0 Å². The lowest BCUT2D eigenvalue weighted by molar-refractivity contribution is -0.315. The molecule has 0 spiro atoms. The lowest BCUT2D eigenvalue weighted by Crippen LogP contribution is -2.44. The van der Waals surface area contributed by atoms with Crippen LogP contribution in [0.15, 0.2) is 0 Å². The van der Waals surface area contributed by atoms with Gasteiger partial charge in [-0.1, -0.05) is 13.8 Å². The summed E-state index contributed by atoms with van der Waals surface area (Å²) in [6.45, 7) is 3.33. The molecular formula is C7H9F6O. The third-order valence-corrected chi connectivity index (χ3v) is 1.08. The summed E-state index contributed by atoms with van der Waals surface area (Å²) >= 11 is 0. The van der Waals surface area contributed by atoms with E-state index in [1.807, 2.05) is 0 Å². The van der Waals surface area contributed by atoms with Gasteiger partial charge in [-0.25, -0.2) is 0 Å². The van der Waals surface area contributed by atoms with Crippen molar-refractivity contribution in [3.05, 3.63) is 6.61 Å². The first-order valence-corrected chi connectivity index (χ1v) is 3.67. The van der Waals surface area contributed by atoms with E-state index in [0.29, 0.717) is 6.61 Å². The zero-order valence-electron chi connectivity index (χ0n) is 7.41. The van der Waals surface area contributed by atoms with E-state index in [2.05, 4.69) is 4.74 Å². The quantitative estimate of drug-likeness (QED) is 0.667. The van der Waals surface area contributed by atoms with Crippen LogP contribution in [0.5, 0.6) is 0 Å². The first kappa shape index (κ1) is 13.5. The van der Waals surface area contributed by atoms with Crippen molar-refractivity contribution in [2.45, 2.75) is 32.3 Å². The molecule has 0 aromatic heterocycles. The molecule has 0 unspecified atom stereocenters. The molecule has 1 nitrogen and oxygen atoms in total. The molecule has 85 valence electrons. The van der Waals surface area contributed by atoms with Gasteiger partial charge in [0.2, 0.25) is 6.10 Å². The van der Waals surface area contributed by atoms with Gasteiger partial charge in [0.1, 0.15) is 0 Å². The molecule has 1 radical (unpaired) electrons. The van der Waals surface area contributed by atoms with Gasteiger partial charge in [0.05, 0.1) is 6.61 Å². The maximum atomic E-state index is 11.8. The minimum absolute atomic E-state index is 0.512. The lowest BCUT2D eigenvalue weighted by Gasteiger charge is -2.23. The van der Waals surface area contributed by atoms with Crippen molar-refractivity contribution in [1.29, 1.82) is 0 Å². The van der Waals surface area contributed by atoms with Gasteiger partial charge in [0.25, 0.3) is 0 Å². The van der Waals surface area contributed by atoms with Gasteiger partial charge in [-0.05, 0) is 5.92 Å². The summed E-state index contributed by atoms with van der Waals surface area (Å²) in [4.78, 5) is 0. The Kier molecular flexibility index (Phi) is 4.23. The third-order valence-electron chi connectivity index (χ3n) is 1.08. The van der Waals surface area contributed by atoms with Crippen LogP contribution in [0.2, 0.25) is 0 Å². The Morgan fingerprint density at radius 1 is 0.929 bits per heavy atom. The fourth-order valence-electron chi connectivity index (χ4n) is 0.576. The second-order valence-corrected chi connectivity index (χ2v) is 2.98. The molecule has 0 aromatic rings. The van der Waals surface area contributed by atoms with Crippen LogP contribution in [0.3, 0.4) is 0 Å². The number of alkyl halides is 6. The maximum absolute atomic E-state index is 11.8. The van der Waals surface area contributed by atoms with E-state index in [1.54, 1.807) is 0 Å². The third kappa shape index (κ3) is 4.69. The predicted octanol–water partition coefficient (Wildman–Crippen LogP) is 3.31. The zero-order chi connectivity index (χ0) is 11.6. The SMILES string of the molecule is CC(C)[CH]OC(C(F)(F)F)C(F)(F)F. The van der Waals surface area contributed by atoms with Crippen LogP contribution < -0.4 is 0 Å². The summed E-state index contributed by atoms with van der Waals surface area (Å²) in [6, 6.07) is 0. The largest absolute Gasteiger partial charge is 0.423 e. The average molecular weight is 223 g/mol. The first-order chi connectivity index (χ1) is 6.05. The highest BCUT2D eigenvalue weighted by Gasteiger charge is 2.58. The topological polar surface area (TPSA) is 9.23 Å². The standard InChI is InChI=1S/C7H9F6O/c1-4(2)3-14-5(6(8,9)10)7(11,12)13/h3-5H,1-2H3. The normalized spacial score (nSPS) is 14.1. The van der Waals surface area contributed by atoms with Gasteiger partial charge in [-0.3, -0.25) is 0 Å². The summed E-state index contributed by atoms with van der Waals surface area (Å²) < 4.78 is 74.5. The van der Waals surface area contributed by atoms with Crippen molar-refractivity contribution < 1.29 is 31.1 Å². The number of ether oxygens (including phenoxy) is 1. The zero-order valence-corrected chi connectivity index (χ0v) is 7.41. The highest BCUT2D eigenvalue weighted by Crippen LogP contribution is 2.36. The molecule has 0 saturated heterocycles. The molecule has 0 aliphatic heterocycles. The molecule has 7 heteroatoms. The van der Waals surface area contributed by atoms with Crippen LogP contribution in [-0.2, 0) is 4.74 Å². The summed E-state index contributed by atoms with van der Waals surface area (Å²) in [5, 5.41) is 0. The average Bonchev–Trinajstić information content (AvgIpc) is 1.78. The summed E-state index contributed by atoms with van der Waals surface area (Å²) in [7, 11) is 0. The number of rotatable bonds is 3. The maximum Gasteiger partial charge on any atom is 0.423 e. The van der Waals surface area contributed by atoms with E-state index in [-0.39, 0.29) is 0 Å². The molecule has 0 aliphatic rings. The number of hydrogen-bond acceptors (Lipinski definition) is 1. The Labute approximate surface area is 77.0 Å². The van der Waals surface area contributed by atoms with Gasteiger partial charge in [-0.2, -0.15) is 26.3 Å². The van der Waals surface area contributed by atoms with Gasteiger partial charge in [0.15, 0.2) is 0 Å². The minimum Gasteiger partial charge on any atom is -0.355 e. The predicted molar refractivity (Wildman–Crippen MR) is 36.1 cm³/mol. The molecule has 0 amide bonds. The highest BCUT2D eigenvalue weighted by atomic mass is 19.4. The van der Waals surface area contributed by atoms with Crippen molar-refractivity contribution in [2.75, 3.05) is 0 Å². The second kappa shape index (κ2) is 4.37. The fourth-order valence-corrected chi connectivity index (χ4v) is 0.576. The highest BCUT2D eigenvalue weighted by molar-refractivity contribution is 4.78. The molecule has 0 heterocycles. The van der Waals surface area contributed by atoms with Crippen LogP contribution in [-0.4, -0.2) is 18.5 Å². The molecule has 0 atom stereocenters. The van der Waals surface area contributed by atoms with Gasteiger partial charge in [0, 0.05) is 0 Å². The Balaban J connectivity index is 4.44. The van der Waals surface area contributed by atoms with Crippen molar-refractivity contribution >= 4 is 0 Å². The van der Waals surface area contributed by atoms with Crippen LogP contribution in [0.25, 0.3) is 0 Å². The molecular weight excluding hydrogens is 214 g/mol. The Morgan fingerprint density at radius 3 is 1.50 bits per heavy atom. The van der Waals surface area contributed by atoms with Crippen LogP contribution in [0, 0.1) is 12.5 Å². The van der Waals surface area contributed by atoms with Crippen LogP contribution >= 0.6 is 0 Å². The monoisotopic (exact) mass is 223 g/mol. The summed E-state index contributed by atoms with van der Waals surface area (Å²) in [5.41, 5.74) is 0. The fraction of sp³-hybridized carbons (Fsp3) is 0.857. The van der Waals surface area contributed by atoms with Gasteiger partial charge in [-0.15, -0.1) is 0 Å². The molecule has 0 saturated carbocycles. The van der Waals surface area contributed by atoms with E-state index in [1.165, 1.54) is 13.8 Å². The first-order valence-electron chi connectivity index (χ1n) is 3.67. The van der Waals surface area contributed by atoms with E-state index in [0.717, 1.165) is 0 Å². The summed E-state index contributed by atoms with van der Waals surface area (Å²) in [6.07, 6.45) is -14.6. The van der Waals surface area contributed by atoms with Crippen molar-refractivity contribution in [3.63, 3.8) is 0 Å². The van der Waals surface area contributed by atoms with E-state index in [4.69, 9.17) is 0 Å². The molecule has 14 heavy (non-hydrogen) atoms. The second-order valence-electron chi connectivity index (χ2n) is 2.98. The molecule has 0 rings (SSSR count).